The molecule has 2 aliphatic rings. The molecule has 84 valence electrons. The molecule has 15 heavy (non-hydrogen) atoms. The molecule has 0 aromatic carbocycles. The summed E-state index contributed by atoms with van der Waals surface area (Å²) in [6, 6.07) is 0. The summed E-state index contributed by atoms with van der Waals surface area (Å²) in [6.45, 7) is 8.40. The molecule has 1 saturated heterocycles. The van der Waals surface area contributed by atoms with Crippen molar-refractivity contribution in [2.24, 2.45) is 10.8 Å². The van der Waals surface area contributed by atoms with Crippen LogP contribution in [-0.2, 0) is 4.79 Å². The van der Waals surface area contributed by atoms with Crippen molar-refractivity contribution in [1.82, 2.24) is 5.32 Å². The van der Waals surface area contributed by atoms with Gasteiger partial charge >= 0.3 is 0 Å². The van der Waals surface area contributed by atoms with Gasteiger partial charge in [-0.3, -0.25) is 4.79 Å². The lowest BCUT2D eigenvalue weighted by molar-refractivity contribution is -0.125. The summed E-state index contributed by atoms with van der Waals surface area (Å²) in [5.41, 5.74) is 1.05. The van der Waals surface area contributed by atoms with Crippen LogP contribution in [0.5, 0.6) is 0 Å². The Morgan fingerprint density at radius 1 is 1.27 bits per heavy atom. The number of hydrogen-bond acceptors (Lipinski definition) is 2. The summed E-state index contributed by atoms with van der Waals surface area (Å²) >= 11 is 0. The second kappa shape index (κ2) is 3.44. The lowest BCUT2D eigenvalue weighted by Gasteiger charge is -2.34. The molecule has 1 aliphatic carbocycles. The van der Waals surface area contributed by atoms with Crippen molar-refractivity contribution in [2.75, 3.05) is 13.1 Å². The Hall–Kier alpha value is -0.630. The van der Waals surface area contributed by atoms with E-state index in [-0.39, 0.29) is 10.8 Å². The number of ketones is 1. The van der Waals surface area contributed by atoms with Crippen molar-refractivity contribution < 1.29 is 4.79 Å². The number of Topliss-reactive ketones (excluding diaryl/α,β-unsaturated/α-hetero) is 1. The zero-order valence-corrected chi connectivity index (χ0v) is 10.0. The third-order valence-corrected chi connectivity index (χ3v) is 3.79. The molecule has 2 heteroatoms. The predicted molar refractivity (Wildman–Crippen MR) is 61.7 cm³/mol. The second-order valence-corrected chi connectivity index (χ2v) is 5.93. The van der Waals surface area contributed by atoms with Crippen LogP contribution in [0, 0.1) is 10.8 Å². The largest absolute Gasteiger partial charge is 0.317 e. The fourth-order valence-corrected chi connectivity index (χ4v) is 2.75. The van der Waals surface area contributed by atoms with E-state index in [1.54, 1.807) is 0 Å². The lowest BCUT2D eigenvalue weighted by atomic mass is 9.72. The summed E-state index contributed by atoms with van der Waals surface area (Å²) in [5.74, 6) is 0.427. The Labute approximate surface area is 92.1 Å². The monoisotopic (exact) mass is 207 g/mol. The number of allylic oxidation sites excluding steroid dienone is 2. The van der Waals surface area contributed by atoms with Crippen molar-refractivity contribution >= 4 is 5.78 Å². The van der Waals surface area contributed by atoms with Crippen molar-refractivity contribution in [1.29, 1.82) is 0 Å². The first-order valence-electron chi connectivity index (χ1n) is 5.92. The topological polar surface area (TPSA) is 29.1 Å². The maximum absolute atomic E-state index is 12.4. The molecule has 0 unspecified atom stereocenters. The average molecular weight is 207 g/mol. The zero-order chi connectivity index (χ0) is 11.1. The molecule has 1 fully saturated rings. The molecule has 1 spiro atoms. The SMILES string of the molecule is CC(C)(C)C1=CCC2(CCNCC2)C1=O. The van der Waals surface area contributed by atoms with Gasteiger partial charge in [-0.1, -0.05) is 26.8 Å². The zero-order valence-electron chi connectivity index (χ0n) is 10.0. The van der Waals surface area contributed by atoms with E-state index in [0.717, 1.165) is 37.9 Å². The summed E-state index contributed by atoms with van der Waals surface area (Å²) in [6.07, 6.45) is 5.19. The van der Waals surface area contributed by atoms with Gasteiger partial charge in [0, 0.05) is 5.41 Å². The summed E-state index contributed by atoms with van der Waals surface area (Å²) in [5, 5.41) is 3.33. The average Bonchev–Trinajstić information content (AvgIpc) is 2.45. The van der Waals surface area contributed by atoms with Crippen LogP contribution in [0.1, 0.15) is 40.0 Å². The Kier molecular flexibility index (Phi) is 2.50. The molecule has 2 nitrogen and oxygen atoms in total. The molecular weight excluding hydrogens is 186 g/mol. The van der Waals surface area contributed by atoms with E-state index in [0.29, 0.717) is 5.78 Å². The first kappa shape index (κ1) is 10.9. The van der Waals surface area contributed by atoms with Crippen LogP contribution in [0.3, 0.4) is 0 Å². The molecule has 2 rings (SSSR count). The normalized spacial score (nSPS) is 25.8. The van der Waals surface area contributed by atoms with E-state index in [4.69, 9.17) is 0 Å². The molecule has 0 amide bonds. The summed E-state index contributed by atoms with van der Waals surface area (Å²) < 4.78 is 0. The number of nitrogens with one attached hydrogen (secondary N) is 1. The molecule has 1 heterocycles. The van der Waals surface area contributed by atoms with Crippen LogP contribution >= 0.6 is 0 Å². The number of carbonyl (C=O) groups excluding carboxylic acids is 1. The van der Waals surface area contributed by atoms with Crippen molar-refractivity contribution in [2.45, 2.75) is 40.0 Å². The molecule has 0 atom stereocenters. The minimum absolute atomic E-state index is 0.0193. The smallest absolute Gasteiger partial charge is 0.165 e. The van der Waals surface area contributed by atoms with Gasteiger partial charge in [-0.05, 0) is 43.3 Å². The Bertz CT molecular complexity index is 303. The third kappa shape index (κ3) is 1.76. The van der Waals surface area contributed by atoms with Crippen molar-refractivity contribution in [3.05, 3.63) is 11.6 Å². The lowest BCUT2D eigenvalue weighted by Crippen LogP contribution is -2.41. The highest BCUT2D eigenvalue weighted by molar-refractivity contribution is 6.03. The summed E-state index contributed by atoms with van der Waals surface area (Å²) in [4.78, 5) is 12.4. The molecule has 1 aliphatic heterocycles. The minimum Gasteiger partial charge on any atom is -0.317 e. The standard InChI is InChI=1S/C13H21NO/c1-12(2,3)10-4-5-13(11(10)15)6-8-14-9-7-13/h4,14H,5-9H2,1-3H3. The maximum Gasteiger partial charge on any atom is 0.165 e. The molecule has 0 bridgehead atoms. The number of piperidine rings is 1. The first-order valence-corrected chi connectivity index (χ1v) is 5.92. The molecule has 0 saturated carbocycles. The van der Waals surface area contributed by atoms with Crippen LogP contribution in [-0.4, -0.2) is 18.9 Å². The fraction of sp³-hybridized carbons (Fsp3) is 0.769. The quantitative estimate of drug-likeness (QED) is 0.660. The molecular formula is C13H21NO. The first-order chi connectivity index (χ1) is 6.96. The van der Waals surface area contributed by atoms with Crippen LogP contribution < -0.4 is 5.32 Å². The van der Waals surface area contributed by atoms with Gasteiger partial charge in [0.15, 0.2) is 5.78 Å². The van der Waals surface area contributed by atoms with E-state index >= 15 is 0 Å². The highest BCUT2D eigenvalue weighted by Crippen LogP contribution is 2.46. The van der Waals surface area contributed by atoms with E-state index in [1.165, 1.54) is 0 Å². The summed E-state index contributed by atoms with van der Waals surface area (Å²) in [7, 11) is 0. The van der Waals surface area contributed by atoms with Gasteiger partial charge in [0.05, 0.1) is 0 Å². The second-order valence-electron chi connectivity index (χ2n) is 5.93. The van der Waals surface area contributed by atoms with Crippen LogP contribution in [0.4, 0.5) is 0 Å². The van der Waals surface area contributed by atoms with Gasteiger partial charge in [0.1, 0.15) is 0 Å². The van der Waals surface area contributed by atoms with Crippen molar-refractivity contribution in [3.8, 4) is 0 Å². The van der Waals surface area contributed by atoms with E-state index < -0.39 is 0 Å². The molecule has 0 aromatic rings. The number of rotatable bonds is 0. The molecule has 0 aromatic heterocycles. The van der Waals surface area contributed by atoms with Gasteiger partial charge < -0.3 is 5.32 Å². The third-order valence-electron chi connectivity index (χ3n) is 3.79. The Morgan fingerprint density at radius 2 is 1.87 bits per heavy atom. The van der Waals surface area contributed by atoms with Gasteiger partial charge in [-0.25, -0.2) is 0 Å². The van der Waals surface area contributed by atoms with Crippen LogP contribution in [0.2, 0.25) is 0 Å². The highest BCUT2D eigenvalue weighted by Gasteiger charge is 2.46. The van der Waals surface area contributed by atoms with Crippen LogP contribution in [0.25, 0.3) is 0 Å². The fourth-order valence-electron chi connectivity index (χ4n) is 2.75. The maximum atomic E-state index is 12.4. The van der Waals surface area contributed by atoms with Gasteiger partial charge in [-0.2, -0.15) is 0 Å². The van der Waals surface area contributed by atoms with Crippen molar-refractivity contribution in [3.63, 3.8) is 0 Å². The molecule has 0 radical (unpaired) electrons. The van der Waals surface area contributed by atoms with Gasteiger partial charge in [0.25, 0.3) is 0 Å². The minimum atomic E-state index is -0.0339. The van der Waals surface area contributed by atoms with Gasteiger partial charge in [-0.15, -0.1) is 0 Å². The predicted octanol–water partition coefficient (Wildman–Crippen LogP) is 2.30. The van der Waals surface area contributed by atoms with E-state index in [9.17, 15) is 4.79 Å². The number of hydrogen-bond donors (Lipinski definition) is 1. The number of carbonyl (C=O) groups is 1. The highest BCUT2D eigenvalue weighted by atomic mass is 16.1. The van der Waals surface area contributed by atoms with E-state index in [1.807, 2.05) is 0 Å². The van der Waals surface area contributed by atoms with Crippen LogP contribution in [0.15, 0.2) is 11.6 Å². The van der Waals surface area contributed by atoms with Gasteiger partial charge in [0.2, 0.25) is 0 Å². The van der Waals surface area contributed by atoms with E-state index in [2.05, 4.69) is 32.2 Å². The molecule has 1 N–H and O–H groups in total. The Morgan fingerprint density at radius 3 is 2.33 bits per heavy atom. The Balaban J connectivity index is 2.20.